The molecule has 0 aliphatic rings. The minimum atomic E-state index is -0.451. The van der Waals surface area contributed by atoms with Gasteiger partial charge in [-0.3, -0.25) is 4.79 Å². The molecular weight excluding hydrogens is 324 g/mol. The van der Waals surface area contributed by atoms with Gasteiger partial charge < -0.3 is 9.72 Å². The molecule has 2 aromatic carbocycles. The molecule has 24 heavy (non-hydrogen) atoms. The van der Waals surface area contributed by atoms with Crippen molar-refractivity contribution >= 4 is 11.6 Å². The number of nitriles is 1. The number of hydrogen-bond donors (Lipinski definition) is 1. The second-order valence-corrected chi connectivity index (χ2v) is 5.53. The zero-order chi connectivity index (χ0) is 17.1. The molecule has 0 spiro atoms. The van der Waals surface area contributed by atoms with Crippen molar-refractivity contribution in [2.24, 2.45) is 0 Å². The predicted molar refractivity (Wildman–Crippen MR) is 94.2 cm³/mol. The van der Waals surface area contributed by atoms with Crippen LogP contribution in [0, 0.1) is 11.3 Å². The molecule has 3 aromatic rings. The summed E-state index contributed by atoms with van der Waals surface area (Å²) >= 11 is 6.24. The summed E-state index contributed by atoms with van der Waals surface area (Å²) in [4.78, 5) is 15.1. The number of nitrogens with zero attached hydrogens (tertiary/aromatic N) is 1. The van der Waals surface area contributed by atoms with E-state index in [0.717, 1.165) is 5.56 Å². The molecule has 4 nitrogen and oxygen atoms in total. The summed E-state index contributed by atoms with van der Waals surface area (Å²) in [5.74, 6) is 0.678. The first kappa shape index (κ1) is 15.9. The number of benzene rings is 2. The minimum Gasteiger partial charge on any atom is -0.497 e. The maximum Gasteiger partial charge on any atom is 0.266 e. The second kappa shape index (κ2) is 6.61. The molecule has 5 heteroatoms. The molecule has 3 rings (SSSR count). The Morgan fingerprint density at radius 3 is 2.58 bits per heavy atom. The van der Waals surface area contributed by atoms with E-state index in [1.165, 1.54) is 0 Å². The van der Waals surface area contributed by atoms with Gasteiger partial charge in [0.2, 0.25) is 0 Å². The molecule has 0 aliphatic heterocycles. The lowest BCUT2D eigenvalue weighted by atomic mass is 9.99. The molecule has 1 N–H and O–H groups in total. The fourth-order valence-corrected chi connectivity index (χ4v) is 2.75. The van der Waals surface area contributed by atoms with Gasteiger partial charge in [0, 0.05) is 27.4 Å². The quantitative estimate of drug-likeness (QED) is 0.777. The van der Waals surface area contributed by atoms with Gasteiger partial charge in [-0.1, -0.05) is 41.9 Å². The number of nitrogens with one attached hydrogen (secondary N) is 1. The molecule has 0 radical (unpaired) electrons. The van der Waals surface area contributed by atoms with Crippen LogP contribution in [0.25, 0.3) is 22.4 Å². The van der Waals surface area contributed by atoms with Crippen LogP contribution in [0.2, 0.25) is 5.02 Å². The third-order valence-electron chi connectivity index (χ3n) is 3.69. The number of H-pyrrole nitrogens is 1. The Labute approximate surface area is 143 Å². The van der Waals surface area contributed by atoms with Crippen molar-refractivity contribution in [3.8, 4) is 34.2 Å². The first-order valence-electron chi connectivity index (χ1n) is 7.21. The number of aromatic nitrogens is 1. The van der Waals surface area contributed by atoms with Crippen LogP contribution >= 0.6 is 11.6 Å². The minimum absolute atomic E-state index is 0.0368. The first-order valence-corrected chi connectivity index (χ1v) is 7.58. The second-order valence-electron chi connectivity index (χ2n) is 5.12. The van der Waals surface area contributed by atoms with E-state index in [4.69, 9.17) is 16.3 Å². The average molecular weight is 337 g/mol. The molecule has 0 amide bonds. The van der Waals surface area contributed by atoms with Crippen molar-refractivity contribution in [3.05, 3.63) is 75.5 Å². The molecule has 0 aliphatic carbocycles. The van der Waals surface area contributed by atoms with Crippen LogP contribution in [0.5, 0.6) is 5.75 Å². The number of ether oxygens (including phenoxy) is 1. The SMILES string of the molecule is COc1cccc(-c2cc(-c3ccccc3Cl)c(C#N)c(=O)[nH]2)c1. The van der Waals surface area contributed by atoms with Crippen LogP contribution in [-0.4, -0.2) is 12.1 Å². The summed E-state index contributed by atoms with van der Waals surface area (Å²) in [5.41, 5.74) is 2.11. The average Bonchev–Trinajstić information content (AvgIpc) is 2.61. The summed E-state index contributed by atoms with van der Waals surface area (Å²) in [6.07, 6.45) is 0. The summed E-state index contributed by atoms with van der Waals surface area (Å²) in [6.45, 7) is 0. The molecule has 1 heterocycles. The van der Waals surface area contributed by atoms with Crippen LogP contribution in [0.1, 0.15) is 5.56 Å². The van der Waals surface area contributed by atoms with Crippen molar-refractivity contribution in [1.29, 1.82) is 5.26 Å². The van der Waals surface area contributed by atoms with E-state index < -0.39 is 5.56 Å². The standard InChI is InChI=1S/C19H13ClN2O2/c1-24-13-6-4-5-12(9-13)18-10-15(16(11-21)19(23)22-18)14-7-2-3-8-17(14)20/h2-10H,1H3,(H,22,23). The molecule has 0 unspecified atom stereocenters. The third-order valence-corrected chi connectivity index (χ3v) is 4.02. The van der Waals surface area contributed by atoms with Crippen LogP contribution in [0.4, 0.5) is 0 Å². The fourth-order valence-electron chi connectivity index (χ4n) is 2.51. The van der Waals surface area contributed by atoms with E-state index in [0.29, 0.717) is 27.6 Å². The lowest BCUT2D eigenvalue weighted by molar-refractivity contribution is 0.415. The van der Waals surface area contributed by atoms with Crippen LogP contribution in [0.15, 0.2) is 59.4 Å². The molecule has 118 valence electrons. The Hall–Kier alpha value is -3.03. The highest BCUT2D eigenvalue weighted by Crippen LogP contribution is 2.31. The van der Waals surface area contributed by atoms with Crippen molar-refractivity contribution in [2.75, 3.05) is 7.11 Å². The van der Waals surface area contributed by atoms with E-state index in [-0.39, 0.29) is 5.56 Å². The summed E-state index contributed by atoms with van der Waals surface area (Å²) in [6, 6.07) is 18.2. The highest BCUT2D eigenvalue weighted by atomic mass is 35.5. The van der Waals surface area contributed by atoms with Crippen molar-refractivity contribution in [3.63, 3.8) is 0 Å². The van der Waals surface area contributed by atoms with Gasteiger partial charge in [-0.15, -0.1) is 0 Å². The van der Waals surface area contributed by atoms with E-state index in [1.54, 1.807) is 31.4 Å². The number of rotatable bonds is 3. The zero-order valence-electron chi connectivity index (χ0n) is 12.8. The van der Waals surface area contributed by atoms with Gasteiger partial charge in [0.25, 0.3) is 5.56 Å². The maximum atomic E-state index is 12.4. The number of methoxy groups -OCH3 is 1. The molecule has 0 fully saturated rings. The molecule has 1 aromatic heterocycles. The smallest absolute Gasteiger partial charge is 0.266 e. The summed E-state index contributed by atoms with van der Waals surface area (Å²) in [5, 5.41) is 9.84. The number of aromatic amines is 1. The molecule has 0 atom stereocenters. The van der Waals surface area contributed by atoms with E-state index in [9.17, 15) is 10.1 Å². The Morgan fingerprint density at radius 2 is 1.88 bits per heavy atom. The monoisotopic (exact) mass is 336 g/mol. The van der Waals surface area contributed by atoms with E-state index in [1.807, 2.05) is 36.4 Å². The van der Waals surface area contributed by atoms with Crippen molar-refractivity contribution in [2.45, 2.75) is 0 Å². The maximum absolute atomic E-state index is 12.4. The predicted octanol–water partition coefficient (Wildman–Crippen LogP) is 4.24. The van der Waals surface area contributed by atoms with Crippen LogP contribution in [-0.2, 0) is 0 Å². The van der Waals surface area contributed by atoms with Gasteiger partial charge in [0.1, 0.15) is 17.4 Å². The highest BCUT2D eigenvalue weighted by molar-refractivity contribution is 6.33. The van der Waals surface area contributed by atoms with Crippen molar-refractivity contribution in [1.82, 2.24) is 4.98 Å². The summed E-state index contributed by atoms with van der Waals surface area (Å²) < 4.78 is 5.22. The Morgan fingerprint density at radius 1 is 1.08 bits per heavy atom. The zero-order valence-corrected chi connectivity index (χ0v) is 13.6. The normalized spacial score (nSPS) is 10.2. The Kier molecular flexibility index (Phi) is 4.37. The van der Waals surface area contributed by atoms with Gasteiger partial charge in [-0.2, -0.15) is 5.26 Å². The van der Waals surface area contributed by atoms with Crippen LogP contribution in [0.3, 0.4) is 0 Å². The summed E-state index contributed by atoms with van der Waals surface area (Å²) in [7, 11) is 1.58. The van der Waals surface area contributed by atoms with Gasteiger partial charge in [-0.25, -0.2) is 0 Å². The Balaban J connectivity index is 2.27. The fraction of sp³-hybridized carbons (Fsp3) is 0.0526. The van der Waals surface area contributed by atoms with Gasteiger partial charge in [0.05, 0.1) is 7.11 Å². The lowest BCUT2D eigenvalue weighted by Gasteiger charge is -2.10. The van der Waals surface area contributed by atoms with Crippen molar-refractivity contribution < 1.29 is 4.74 Å². The van der Waals surface area contributed by atoms with Gasteiger partial charge in [-0.05, 0) is 24.3 Å². The molecule has 0 saturated carbocycles. The largest absolute Gasteiger partial charge is 0.497 e. The first-order chi connectivity index (χ1) is 11.6. The van der Waals surface area contributed by atoms with E-state index in [2.05, 4.69) is 4.98 Å². The number of hydrogen-bond acceptors (Lipinski definition) is 3. The van der Waals surface area contributed by atoms with Gasteiger partial charge in [0.15, 0.2) is 0 Å². The van der Waals surface area contributed by atoms with Gasteiger partial charge >= 0.3 is 0 Å². The van der Waals surface area contributed by atoms with E-state index >= 15 is 0 Å². The highest BCUT2D eigenvalue weighted by Gasteiger charge is 2.14. The number of pyridine rings is 1. The number of halogens is 1. The Bertz CT molecular complexity index is 1000. The molecular formula is C19H13ClN2O2. The topological polar surface area (TPSA) is 65.9 Å². The third kappa shape index (κ3) is 2.90. The molecule has 0 bridgehead atoms. The molecule has 0 saturated heterocycles. The van der Waals surface area contributed by atoms with Crippen LogP contribution < -0.4 is 10.3 Å². The lowest BCUT2D eigenvalue weighted by Crippen LogP contribution is -2.12.